The SMILES string of the molecule is CC1(C)O[C@@H]2Cc3ccccc3C2N1C(=O)C(Cc1ccccc1)CC1CO1. The summed E-state index contributed by atoms with van der Waals surface area (Å²) in [5.41, 5.74) is 3.14. The van der Waals surface area contributed by atoms with Crippen LogP contribution in [-0.4, -0.2) is 35.3 Å². The van der Waals surface area contributed by atoms with E-state index >= 15 is 0 Å². The van der Waals surface area contributed by atoms with Crippen molar-refractivity contribution in [2.24, 2.45) is 5.92 Å². The molecular formula is C24H27NO3. The van der Waals surface area contributed by atoms with Crippen molar-refractivity contribution in [3.8, 4) is 0 Å². The zero-order valence-corrected chi connectivity index (χ0v) is 16.5. The summed E-state index contributed by atoms with van der Waals surface area (Å²) < 4.78 is 11.9. The monoisotopic (exact) mass is 377 g/mol. The van der Waals surface area contributed by atoms with Gasteiger partial charge in [-0.15, -0.1) is 0 Å². The number of fused-ring (bicyclic) bond motifs is 3. The molecule has 0 N–H and O–H groups in total. The highest BCUT2D eigenvalue weighted by molar-refractivity contribution is 5.81. The molecule has 4 atom stereocenters. The topological polar surface area (TPSA) is 42.1 Å². The highest BCUT2D eigenvalue weighted by Gasteiger charge is 2.54. The Kier molecular flexibility index (Phi) is 4.29. The van der Waals surface area contributed by atoms with Gasteiger partial charge >= 0.3 is 0 Å². The Morgan fingerprint density at radius 3 is 2.61 bits per heavy atom. The molecule has 0 spiro atoms. The van der Waals surface area contributed by atoms with Crippen LogP contribution in [0.2, 0.25) is 0 Å². The number of carbonyl (C=O) groups is 1. The molecule has 2 fully saturated rings. The lowest BCUT2D eigenvalue weighted by Gasteiger charge is -2.36. The van der Waals surface area contributed by atoms with Gasteiger partial charge in [0, 0.05) is 12.3 Å². The van der Waals surface area contributed by atoms with E-state index in [1.807, 2.05) is 36.9 Å². The van der Waals surface area contributed by atoms with Crippen molar-refractivity contribution >= 4 is 5.91 Å². The van der Waals surface area contributed by atoms with Crippen LogP contribution in [0, 0.1) is 5.92 Å². The van der Waals surface area contributed by atoms with Crippen molar-refractivity contribution in [2.75, 3.05) is 6.61 Å². The second-order valence-electron chi connectivity index (χ2n) is 8.74. The molecule has 0 radical (unpaired) electrons. The Hall–Kier alpha value is -2.17. The Morgan fingerprint density at radius 2 is 1.86 bits per heavy atom. The average Bonchev–Trinajstić information content (AvgIpc) is 3.37. The highest BCUT2D eigenvalue weighted by atomic mass is 16.6. The van der Waals surface area contributed by atoms with Crippen molar-refractivity contribution < 1.29 is 14.3 Å². The maximum absolute atomic E-state index is 13.9. The number of benzene rings is 2. The fraction of sp³-hybridized carbons (Fsp3) is 0.458. The van der Waals surface area contributed by atoms with Crippen molar-refractivity contribution in [1.29, 1.82) is 0 Å². The Labute approximate surface area is 166 Å². The first-order valence-corrected chi connectivity index (χ1v) is 10.3. The minimum Gasteiger partial charge on any atom is -0.373 e. The fourth-order valence-corrected chi connectivity index (χ4v) is 5.00. The molecule has 1 amide bonds. The highest BCUT2D eigenvalue weighted by Crippen LogP contribution is 2.49. The van der Waals surface area contributed by atoms with Crippen LogP contribution in [0.3, 0.4) is 0 Å². The first kappa shape index (κ1) is 17.9. The largest absolute Gasteiger partial charge is 0.373 e. The van der Waals surface area contributed by atoms with Gasteiger partial charge in [-0.3, -0.25) is 4.79 Å². The molecule has 28 heavy (non-hydrogen) atoms. The smallest absolute Gasteiger partial charge is 0.228 e. The van der Waals surface area contributed by atoms with Crippen molar-refractivity contribution in [1.82, 2.24) is 4.90 Å². The molecule has 2 heterocycles. The minimum atomic E-state index is -0.598. The van der Waals surface area contributed by atoms with Crippen LogP contribution in [0.15, 0.2) is 54.6 Å². The third-order valence-corrected chi connectivity index (χ3v) is 6.31. The van der Waals surface area contributed by atoms with E-state index in [2.05, 4.69) is 36.4 Å². The second-order valence-corrected chi connectivity index (χ2v) is 8.74. The first-order valence-electron chi connectivity index (χ1n) is 10.3. The molecule has 1 aliphatic carbocycles. The molecule has 4 heteroatoms. The summed E-state index contributed by atoms with van der Waals surface area (Å²) in [6.07, 6.45) is 2.66. The maximum Gasteiger partial charge on any atom is 0.228 e. The molecule has 3 unspecified atom stereocenters. The minimum absolute atomic E-state index is 0.0112. The molecule has 0 bridgehead atoms. The van der Waals surface area contributed by atoms with Gasteiger partial charge < -0.3 is 14.4 Å². The summed E-state index contributed by atoms with van der Waals surface area (Å²) >= 11 is 0. The van der Waals surface area contributed by atoms with Crippen molar-refractivity contribution in [2.45, 2.75) is 57.1 Å². The van der Waals surface area contributed by atoms with E-state index in [-0.39, 0.29) is 30.1 Å². The van der Waals surface area contributed by atoms with Gasteiger partial charge in [-0.25, -0.2) is 0 Å². The molecular weight excluding hydrogens is 350 g/mol. The predicted molar refractivity (Wildman–Crippen MR) is 107 cm³/mol. The van der Waals surface area contributed by atoms with Crippen LogP contribution < -0.4 is 0 Å². The Bertz CT molecular complexity index is 874. The number of epoxide rings is 1. The average molecular weight is 377 g/mol. The summed E-state index contributed by atoms with van der Waals surface area (Å²) in [7, 11) is 0. The predicted octanol–water partition coefficient (Wildman–Crippen LogP) is 3.90. The van der Waals surface area contributed by atoms with E-state index in [1.165, 1.54) is 16.7 Å². The van der Waals surface area contributed by atoms with Crippen molar-refractivity contribution in [3.05, 3.63) is 71.3 Å². The van der Waals surface area contributed by atoms with Gasteiger partial charge in [0.15, 0.2) is 0 Å². The van der Waals surface area contributed by atoms with Crippen LogP contribution in [0.25, 0.3) is 0 Å². The Morgan fingerprint density at radius 1 is 1.14 bits per heavy atom. The lowest BCUT2D eigenvalue weighted by atomic mass is 9.91. The van der Waals surface area contributed by atoms with Gasteiger partial charge in [0.1, 0.15) is 5.72 Å². The molecule has 2 aromatic rings. The number of carbonyl (C=O) groups excluding carboxylic acids is 1. The van der Waals surface area contributed by atoms with Gasteiger partial charge in [0.2, 0.25) is 5.91 Å². The molecule has 0 saturated carbocycles. The normalized spacial score (nSPS) is 27.9. The summed E-state index contributed by atoms with van der Waals surface area (Å²) in [5.74, 6) is 0.0952. The lowest BCUT2D eigenvalue weighted by Crippen LogP contribution is -2.48. The Balaban J connectivity index is 1.46. The van der Waals surface area contributed by atoms with Gasteiger partial charge in [0.05, 0.1) is 24.9 Å². The number of ether oxygens (including phenoxy) is 2. The van der Waals surface area contributed by atoms with Crippen LogP contribution in [0.4, 0.5) is 0 Å². The lowest BCUT2D eigenvalue weighted by molar-refractivity contribution is -0.152. The molecule has 5 rings (SSSR count). The number of amides is 1. The number of rotatable bonds is 5. The molecule has 2 aromatic carbocycles. The first-order chi connectivity index (χ1) is 13.5. The quantitative estimate of drug-likeness (QED) is 0.743. The van der Waals surface area contributed by atoms with E-state index < -0.39 is 5.72 Å². The zero-order valence-electron chi connectivity index (χ0n) is 16.5. The third kappa shape index (κ3) is 3.15. The van der Waals surface area contributed by atoms with E-state index in [0.29, 0.717) is 0 Å². The summed E-state index contributed by atoms with van der Waals surface area (Å²) in [6, 6.07) is 18.8. The maximum atomic E-state index is 13.9. The number of hydrogen-bond donors (Lipinski definition) is 0. The number of hydrogen-bond acceptors (Lipinski definition) is 3. The van der Waals surface area contributed by atoms with E-state index in [0.717, 1.165) is 25.9 Å². The van der Waals surface area contributed by atoms with E-state index in [4.69, 9.17) is 9.47 Å². The second kappa shape index (κ2) is 6.71. The molecule has 2 aliphatic heterocycles. The third-order valence-electron chi connectivity index (χ3n) is 6.31. The van der Waals surface area contributed by atoms with Gasteiger partial charge in [-0.2, -0.15) is 0 Å². The van der Waals surface area contributed by atoms with Gasteiger partial charge in [-0.05, 0) is 43.4 Å². The molecule has 0 aromatic heterocycles. The van der Waals surface area contributed by atoms with Crippen molar-refractivity contribution in [3.63, 3.8) is 0 Å². The van der Waals surface area contributed by atoms with E-state index in [1.54, 1.807) is 0 Å². The van der Waals surface area contributed by atoms with Gasteiger partial charge in [-0.1, -0.05) is 54.6 Å². The summed E-state index contributed by atoms with van der Waals surface area (Å²) in [6.45, 7) is 4.82. The fourth-order valence-electron chi connectivity index (χ4n) is 5.00. The standard InChI is InChI=1S/C24H27NO3/c1-24(2)25(22-20-11-7-6-10-17(20)14-21(22)28-24)23(26)18(13-19-15-27-19)12-16-8-4-3-5-9-16/h3-11,18-19,21-22H,12-15H2,1-2H3/t18?,19?,21-,22?/m1/s1. The van der Waals surface area contributed by atoms with Crippen LogP contribution in [-0.2, 0) is 27.1 Å². The molecule has 146 valence electrons. The zero-order chi connectivity index (χ0) is 19.3. The van der Waals surface area contributed by atoms with Crippen LogP contribution in [0.1, 0.15) is 43.0 Å². The number of nitrogens with zero attached hydrogens (tertiary/aromatic N) is 1. The molecule has 4 nitrogen and oxygen atoms in total. The molecule has 2 saturated heterocycles. The van der Waals surface area contributed by atoms with Gasteiger partial charge in [0.25, 0.3) is 0 Å². The summed E-state index contributed by atoms with van der Waals surface area (Å²) in [4.78, 5) is 15.9. The van der Waals surface area contributed by atoms with Crippen LogP contribution >= 0.6 is 0 Å². The van der Waals surface area contributed by atoms with E-state index in [9.17, 15) is 4.79 Å². The van der Waals surface area contributed by atoms with Crippen LogP contribution in [0.5, 0.6) is 0 Å². The molecule has 3 aliphatic rings. The summed E-state index contributed by atoms with van der Waals surface area (Å²) in [5, 5.41) is 0.